The van der Waals surface area contributed by atoms with Crippen LogP contribution in [0, 0.1) is 5.92 Å². The van der Waals surface area contributed by atoms with Crippen LogP contribution in [0.3, 0.4) is 0 Å². The van der Waals surface area contributed by atoms with E-state index in [0.29, 0.717) is 71.6 Å². The van der Waals surface area contributed by atoms with Crippen LogP contribution in [0.25, 0.3) is 0 Å². The molecule has 0 fully saturated rings. The van der Waals surface area contributed by atoms with E-state index in [9.17, 15) is 28.8 Å². The Morgan fingerprint density at radius 2 is 1.19 bits per heavy atom. The third-order valence-corrected chi connectivity index (χ3v) is 6.67. The maximum atomic E-state index is 12.7. The van der Waals surface area contributed by atoms with Gasteiger partial charge in [0, 0.05) is 38.4 Å². The summed E-state index contributed by atoms with van der Waals surface area (Å²) in [5, 5.41) is 11.0. The summed E-state index contributed by atoms with van der Waals surface area (Å²) in [5.74, 6) is -1.68. The second-order valence-corrected chi connectivity index (χ2v) is 11.1. The Kier molecular flexibility index (Phi) is 28.1. The monoisotopic (exact) mass is 674 g/mol. The fraction of sp³-hybridized carbons (Fsp3) is 0.806. The van der Waals surface area contributed by atoms with Crippen LogP contribution in [-0.2, 0) is 47.7 Å². The normalized spacial score (nSPS) is 12.1. The predicted molar refractivity (Wildman–Crippen MR) is 174 cm³/mol. The fourth-order valence-electron chi connectivity index (χ4n) is 3.98. The molecule has 47 heavy (non-hydrogen) atoms. The highest BCUT2D eigenvalue weighted by molar-refractivity contribution is 5.87. The zero-order valence-corrected chi connectivity index (χ0v) is 28.2. The number of amides is 5. The molecule has 0 bridgehead atoms. The largest absolute Gasteiger partial charge is 0.377 e. The minimum Gasteiger partial charge on any atom is -0.377 e. The molecule has 272 valence electrons. The Morgan fingerprint density at radius 1 is 0.617 bits per heavy atom. The summed E-state index contributed by atoms with van der Waals surface area (Å²) in [4.78, 5) is 70.8. The number of primary amides is 1. The molecule has 0 rings (SSSR count). The smallest absolute Gasteiger partial charge is 0.246 e. The fourth-order valence-corrected chi connectivity index (χ4v) is 3.98. The highest BCUT2D eigenvalue weighted by Gasteiger charge is 2.20. The standard InChI is InChI=1S/C31H58N6O10/c1-24(30(33)42)8-4-6-13-36-31(43)26(9-3-5-12-32)37-28(40)11-7-10-27(39)34-14-16-44-19-21-47-23-29(41)35-15-17-45-18-20-46-22-25(2)38/h24,26H,3-23,32H2,1-2H3,(H2,33,42)(H,34,39)(H,35,41)(H,36,43)(H,37,40)/t24-,26-/m0/s1. The minimum atomic E-state index is -0.681. The highest BCUT2D eigenvalue weighted by Crippen LogP contribution is 2.07. The Hall–Kier alpha value is -3.18. The van der Waals surface area contributed by atoms with E-state index in [1.54, 1.807) is 6.92 Å². The summed E-state index contributed by atoms with van der Waals surface area (Å²) in [6.07, 6.45) is 4.56. The first-order valence-electron chi connectivity index (χ1n) is 16.5. The molecule has 0 aromatic rings. The number of ketones is 1. The number of ether oxygens (including phenoxy) is 4. The van der Waals surface area contributed by atoms with Gasteiger partial charge in [0.25, 0.3) is 0 Å². The number of carbonyl (C=O) groups excluding carboxylic acids is 6. The van der Waals surface area contributed by atoms with Crippen molar-refractivity contribution in [3.05, 3.63) is 0 Å². The van der Waals surface area contributed by atoms with Crippen LogP contribution in [0.1, 0.15) is 71.6 Å². The topological polar surface area (TPSA) is 240 Å². The first-order valence-corrected chi connectivity index (χ1v) is 16.5. The van der Waals surface area contributed by atoms with E-state index in [-0.39, 0.29) is 93.7 Å². The molecule has 0 aliphatic carbocycles. The summed E-state index contributed by atoms with van der Waals surface area (Å²) >= 11 is 0. The molecule has 0 saturated carbocycles. The third kappa shape index (κ3) is 28.7. The average Bonchev–Trinajstić information content (AvgIpc) is 3.02. The van der Waals surface area contributed by atoms with Crippen LogP contribution in [-0.4, -0.2) is 120 Å². The van der Waals surface area contributed by atoms with Crippen molar-refractivity contribution in [1.29, 1.82) is 0 Å². The van der Waals surface area contributed by atoms with Crippen molar-refractivity contribution >= 4 is 35.3 Å². The van der Waals surface area contributed by atoms with Gasteiger partial charge in [0.1, 0.15) is 19.3 Å². The number of hydrogen-bond donors (Lipinski definition) is 6. The van der Waals surface area contributed by atoms with Crippen molar-refractivity contribution in [3.8, 4) is 0 Å². The first-order chi connectivity index (χ1) is 22.6. The van der Waals surface area contributed by atoms with Crippen molar-refractivity contribution in [2.45, 2.75) is 77.7 Å². The molecule has 5 amide bonds. The van der Waals surface area contributed by atoms with Gasteiger partial charge in [-0.05, 0) is 52.0 Å². The van der Waals surface area contributed by atoms with Gasteiger partial charge in [0.2, 0.25) is 29.5 Å². The summed E-state index contributed by atoms with van der Waals surface area (Å²) in [5.41, 5.74) is 10.8. The summed E-state index contributed by atoms with van der Waals surface area (Å²) in [6.45, 7) is 6.37. The number of carbonyl (C=O) groups is 6. The first kappa shape index (κ1) is 43.8. The minimum absolute atomic E-state index is 0.0516. The maximum Gasteiger partial charge on any atom is 0.246 e. The lowest BCUT2D eigenvalue weighted by Gasteiger charge is -2.18. The van der Waals surface area contributed by atoms with E-state index in [4.69, 9.17) is 30.4 Å². The Bertz CT molecular complexity index is 908. The lowest BCUT2D eigenvalue weighted by atomic mass is 10.0. The molecule has 16 heteroatoms. The Morgan fingerprint density at radius 3 is 1.81 bits per heavy atom. The molecule has 0 aliphatic heterocycles. The van der Waals surface area contributed by atoms with Gasteiger partial charge < -0.3 is 51.7 Å². The molecule has 0 heterocycles. The van der Waals surface area contributed by atoms with Crippen molar-refractivity contribution < 1.29 is 47.7 Å². The number of Topliss-reactive ketones (excluding diaryl/α,β-unsaturated/α-hetero) is 1. The van der Waals surface area contributed by atoms with Gasteiger partial charge in [-0.15, -0.1) is 0 Å². The number of hydrogen-bond acceptors (Lipinski definition) is 11. The van der Waals surface area contributed by atoms with E-state index in [0.717, 1.165) is 12.8 Å². The average molecular weight is 675 g/mol. The third-order valence-electron chi connectivity index (χ3n) is 6.67. The molecule has 0 saturated heterocycles. The molecule has 0 aromatic carbocycles. The van der Waals surface area contributed by atoms with Crippen LogP contribution in [0.15, 0.2) is 0 Å². The second kappa shape index (κ2) is 30.2. The van der Waals surface area contributed by atoms with Crippen molar-refractivity contribution in [2.24, 2.45) is 17.4 Å². The maximum absolute atomic E-state index is 12.7. The Labute approximate surface area is 278 Å². The van der Waals surface area contributed by atoms with Gasteiger partial charge in [-0.2, -0.15) is 0 Å². The van der Waals surface area contributed by atoms with Crippen molar-refractivity contribution in [3.63, 3.8) is 0 Å². The molecule has 8 N–H and O–H groups in total. The number of nitrogens with one attached hydrogen (secondary N) is 4. The molecule has 16 nitrogen and oxygen atoms in total. The molecule has 0 aliphatic rings. The van der Waals surface area contributed by atoms with Crippen LogP contribution >= 0.6 is 0 Å². The van der Waals surface area contributed by atoms with Gasteiger partial charge in [0.15, 0.2) is 5.78 Å². The quantitative estimate of drug-likeness (QED) is 0.0476. The molecule has 2 atom stereocenters. The summed E-state index contributed by atoms with van der Waals surface area (Å²) < 4.78 is 21.0. The lowest BCUT2D eigenvalue weighted by molar-refractivity contribution is -0.129. The van der Waals surface area contributed by atoms with Gasteiger partial charge in [-0.25, -0.2) is 0 Å². The molecular weight excluding hydrogens is 616 g/mol. The van der Waals surface area contributed by atoms with E-state index < -0.39 is 6.04 Å². The van der Waals surface area contributed by atoms with E-state index in [1.807, 2.05) is 0 Å². The van der Waals surface area contributed by atoms with Crippen LogP contribution in [0.5, 0.6) is 0 Å². The highest BCUT2D eigenvalue weighted by atomic mass is 16.5. The zero-order chi connectivity index (χ0) is 35.1. The molecular formula is C31H58N6O10. The van der Waals surface area contributed by atoms with E-state index in [1.165, 1.54) is 6.92 Å². The van der Waals surface area contributed by atoms with Gasteiger partial charge in [0.05, 0.1) is 39.6 Å². The SMILES string of the molecule is CC(=O)COCCOCCNC(=O)COCCOCCNC(=O)CCCC(=O)N[C@@H](CCCCN)C(=O)NCCCC[C@H](C)C(N)=O. The lowest BCUT2D eigenvalue weighted by Crippen LogP contribution is -2.47. The second-order valence-electron chi connectivity index (χ2n) is 11.1. The zero-order valence-electron chi connectivity index (χ0n) is 28.2. The number of unbranched alkanes of at least 4 members (excludes halogenated alkanes) is 2. The van der Waals surface area contributed by atoms with Gasteiger partial charge in [-0.3, -0.25) is 28.8 Å². The predicted octanol–water partition coefficient (Wildman–Crippen LogP) is -0.934. The summed E-state index contributed by atoms with van der Waals surface area (Å²) in [6, 6.07) is -0.681. The van der Waals surface area contributed by atoms with Gasteiger partial charge in [-0.1, -0.05) is 13.3 Å². The molecule has 0 spiro atoms. The molecule has 0 radical (unpaired) electrons. The number of rotatable bonds is 32. The summed E-state index contributed by atoms with van der Waals surface area (Å²) in [7, 11) is 0. The van der Waals surface area contributed by atoms with Crippen molar-refractivity contribution in [2.75, 3.05) is 79.0 Å². The van der Waals surface area contributed by atoms with Crippen LogP contribution < -0.4 is 32.7 Å². The van der Waals surface area contributed by atoms with E-state index >= 15 is 0 Å². The van der Waals surface area contributed by atoms with Gasteiger partial charge >= 0.3 is 0 Å². The van der Waals surface area contributed by atoms with E-state index in [2.05, 4.69) is 21.3 Å². The van der Waals surface area contributed by atoms with Crippen LogP contribution in [0.4, 0.5) is 0 Å². The van der Waals surface area contributed by atoms with Crippen LogP contribution in [0.2, 0.25) is 0 Å². The number of nitrogens with two attached hydrogens (primary N) is 2. The Balaban J connectivity index is 3.92. The molecule has 0 aromatic heterocycles. The molecule has 0 unspecified atom stereocenters. The van der Waals surface area contributed by atoms with Crippen molar-refractivity contribution in [1.82, 2.24) is 21.3 Å².